The van der Waals surface area contributed by atoms with Gasteiger partial charge in [-0.05, 0) is 50.6 Å². The number of pyridine rings is 1. The normalized spacial score (nSPS) is 14.2. The summed E-state index contributed by atoms with van der Waals surface area (Å²) < 4.78 is 18.4. The maximum absolute atomic E-state index is 13.8. The number of rotatable bonds is 10. The molecule has 2 atom stereocenters. The Bertz CT molecular complexity index is 1630. The molecular weight excluding hydrogens is 620 g/mol. The lowest BCUT2D eigenvalue weighted by atomic mass is 9.89. The van der Waals surface area contributed by atoms with Crippen molar-refractivity contribution >= 4 is 45.5 Å². The molecule has 0 radical (unpaired) electrons. The van der Waals surface area contributed by atoms with E-state index in [4.69, 9.17) is 25.8 Å². The number of aromatic hydroxyl groups is 1. The van der Waals surface area contributed by atoms with E-state index in [1.165, 1.54) is 36.3 Å². The number of aromatic nitrogens is 1. The van der Waals surface area contributed by atoms with E-state index in [2.05, 4.69) is 38.3 Å². The van der Waals surface area contributed by atoms with E-state index in [9.17, 15) is 24.6 Å². The van der Waals surface area contributed by atoms with Crippen molar-refractivity contribution < 1.29 is 34.0 Å². The third kappa shape index (κ3) is 8.25. The van der Waals surface area contributed by atoms with Gasteiger partial charge >= 0.3 is 12.1 Å². The molecule has 1 heterocycles. The summed E-state index contributed by atoms with van der Waals surface area (Å²) in [7, 11) is 1.13. The van der Waals surface area contributed by atoms with E-state index in [0.29, 0.717) is 16.5 Å². The lowest BCUT2D eigenvalue weighted by molar-refractivity contribution is -0.0945. The van der Waals surface area contributed by atoms with Gasteiger partial charge in [0.25, 0.3) is 0 Å². The second kappa shape index (κ2) is 13.5. The number of H-pyrrole nitrogens is 1. The van der Waals surface area contributed by atoms with Crippen LogP contribution in [-0.4, -0.2) is 68.9 Å². The number of nitrogens with zero attached hydrogens (tertiary/aromatic N) is 1. The molecular formula is C33H44ClN2O8S+. The van der Waals surface area contributed by atoms with Crippen LogP contribution >= 0.6 is 11.6 Å². The predicted molar refractivity (Wildman–Crippen MR) is 179 cm³/mol. The summed E-state index contributed by atoms with van der Waals surface area (Å²) in [6.07, 6.45) is 2.77. The van der Waals surface area contributed by atoms with Gasteiger partial charge in [-0.3, -0.25) is 4.79 Å². The van der Waals surface area contributed by atoms with Crippen LogP contribution in [0, 0.1) is 5.41 Å². The quantitative estimate of drug-likeness (QED) is 0.203. The van der Waals surface area contributed by atoms with Crippen molar-refractivity contribution in [2.24, 2.45) is 5.41 Å². The van der Waals surface area contributed by atoms with Gasteiger partial charge in [0, 0.05) is 40.2 Å². The SMILES string of the molecule is COc1cc(C(=O)O)c(Cl)cc1CN(CC(O[C@@](C)([S+](C)C)C(C)(C)C)c1ccc(O)c2[nH]c(=O)ccc12)C(=O)OC(C)(C)C. The number of carbonyl (C=O) groups is 2. The zero-order valence-corrected chi connectivity index (χ0v) is 29.1. The minimum atomic E-state index is -1.21. The molecule has 1 unspecified atom stereocenters. The molecule has 12 heteroatoms. The van der Waals surface area contributed by atoms with Gasteiger partial charge in [-0.15, -0.1) is 0 Å². The minimum absolute atomic E-state index is 0.00922. The summed E-state index contributed by atoms with van der Waals surface area (Å²) in [6, 6.07) is 8.99. The summed E-state index contributed by atoms with van der Waals surface area (Å²) in [4.78, 5) is 41.3. The topological polar surface area (TPSA) is 138 Å². The van der Waals surface area contributed by atoms with Crippen LogP contribution < -0.4 is 10.3 Å². The van der Waals surface area contributed by atoms with Crippen molar-refractivity contribution in [3.05, 3.63) is 68.5 Å². The van der Waals surface area contributed by atoms with Crippen LogP contribution in [0.2, 0.25) is 5.02 Å². The van der Waals surface area contributed by atoms with E-state index in [0.717, 1.165) is 0 Å². The molecule has 1 amide bonds. The lowest BCUT2D eigenvalue weighted by Gasteiger charge is -2.41. The van der Waals surface area contributed by atoms with E-state index < -0.39 is 28.7 Å². The molecule has 0 aliphatic carbocycles. The van der Waals surface area contributed by atoms with E-state index in [-0.39, 0.29) is 62.6 Å². The summed E-state index contributed by atoms with van der Waals surface area (Å²) >= 11 is 6.34. The van der Waals surface area contributed by atoms with Gasteiger partial charge in [-0.2, -0.15) is 0 Å². The molecule has 0 aliphatic rings. The van der Waals surface area contributed by atoms with Crippen molar-refractivity contribution in [1.29, 1.82) is 0 Å². The number of phenolic OH excluding ortho intramolecular Hbond substituents is 1. The van der Waals surface area contributed by atoms with Gasteiger partial charge in [0.2, 0.25) is 10.5 Å². The number of amides is 1. The molecule has 3 aromatic rings. The van der Waals surface area contributed by atoms with Gasteiger partial charge < -0.3 is 34.3 Å². The smallest absolute Gasteiger partial charge is 0.410 e. The fourth-order valence-corrected chi connectivity index (χ4v) is 6.70. The summed E-state index contributed by atoms with van der Waals surface area (Å²) in [5.41, 5.74) is -0.324. The first-order chi connectivity index (χ1) is 20.7. The molecule has 0 saturated carbocycles. The average Bonchev–Trinajstić information content (AvgIpc) is 2.90. The highest BCUT2D eigenvalue weighted by molar-refractivity contribution is 7.96. The molecule has 0 aliphatic heterocycles. The zero-order chi connectivity index (χ0) is 34.1. The maximum atomic E-state index is 13.8. The number of carboxylic acids is 1. The largest absolute Gasteiger partial charge is 0.506 e. The van der Waals surface area contributed by atoms with Gasteiger partial charge in [0.05, 0.1) is 36.3 Å². The first-order valence-electron chi connectivity index (χ1n) is 14.4. The Balaban J connectivity index is 2.26. The highest BCUT2D eigenvalue weighted by Gasteiger charge is 2.51. The van der Waals surface area contributed by atoms with E-state index >= 15 is 0 Å². The molecule has 0 saturated heterocycles. The molecule has 10 nitrogen and oxygen atoms in total. The van der Waals surface area contributed by atoms with Crippen LogP contribution in [-0.2, 0) is 26.9 Å². The molecule has 3 rings (SSSR count). The standard InChI is InChI=1S/C33H43ClN2O8S/c1-31(2,3)33(7,45(9)10)43-26(20-11-13-24(37)28-21(20)12-14-27(38)35-28)18-36(30(41)44-32(4,5)6)17-19-15-23(34)22(29(39)40)16-25(19)42-8/h11-16,26H,17-18H2,1-10H3,(H2-,35,37,38,39,40)/p+1/t26?,33-/m0/s1. The van der Waals surface area contributed by atoms with Gasteiger partial charge in [0.15, 0.2) is 0 Å². The number of halogens is 1. The van der Waals surface area contributed by atoms with Crippen LogP contribution in [0.1, 0.15) is 76.1 Å². The maximum Gasteiger partial charge on any atom is 0.410 e. The molecule has 0 fully saturated rings. The number of phenols is 1. The first-order valence-corrected chi connectivity index (χ1v) is 16.8. The van der Waals surface area contributed by atoms with Crippen molar-refractivity contribution in [3.63, 3.8) is 0 Å². The molecule has 45 heavy (non-hydrogen) atoms. The lowest BCUT2D eigenvalue weighted by Crippen LogP contribution is -2.51. The monoisotopic (exact) mass is 663 g/mol. The Hall–Kier alpha value is -3.41. The summed E-state index contributed by atoms with van der Waals surface area (Å²) in [5, 5.41) is 20.8. The molecule has 0 spiro atoms. The number of fused-ring (bicyclic) bond motifs is 1. The van der Waals surface area contributed by atoms with Gasteiger partial charge in [0.1, 0.15) is 35.7 Å². The second-order valence-electron chi connectivity index (χ2n) is 13.2. The van der Waals surface area contributed by atoms with Crippen LogP contribution in [0.25, 0.3) is 10.9 Å². The Labute approximate surface area is 272 Å². The molecule has 246 valence electrons. The van der Waals surface area contributed by atoms with Crippen LogP contribution in [0.15, 0.2) is 41.2 Å². The Morgan fingerprint density at radius 3 is 2.22 bits per heavy atom. The van der Waals surface area contributed by atoms with Gasteiger partial charge in [-0.1, -0.05) is 38.4 Å². The molecule has 1 aromatic heterocycles. The number of nitrogens with one attached hydrogen (secondary N) is 1. The molecule has 3 N–H and O–H groups in total. The van der Waals surface area contributed by atoms with E-state index in [1.807, 2.05) is 6.92 Å². The Morgan fingerprint density at radius 2 is 1.69 bits per heavy atom. The fourth-order valence-electron chi connectivity index (χ4n) is 4.90. The molecule has 2 aromatic carbocycles. The number of methoxy groups -OCH3 is 1. The average molecular weight is 664 g/mol. The second-order valence-corrected chi connectivity index (χ2v) is 16.0. The fraction of sp³-hybridized carbons (Fsp3) is 0.485. The van der Waals surface area contributed by atoms with Crippen LogP contribution in [0.5, 0.6) is 11.5 Å². The number of carboxylic acid groups (broad SMARTS) is 1. The Kier molecular flexibility index (Phi) is 10.8. The number of ether oxygens (including phenoxy) is 3. The number of benzene rings is 2. The summed E-state index contributed by atoms with van der Waals surface area (Å²) in [6.45, 7) is 13.5. The number of hydrogen-bond donors (Lipinski definition) is 3. The predicted octanol–water partition coefficient (Wildman–Crippen LogP) is 6.73. The van der Waals surface area contributed by atoms with Crippen LogP contribution in [0.4, 0.5) is 4.79 Å². The van der Waals surface area contributed by atoms with Crippen molar-refractivity contribution in [2.75, 3.05) is 26.2 Å². The van der Waals surface area contributed by atoms with Crippen LogP contribution in [0.3, 0.4) is 0 Å². The zero-order valence-electron chi connectivity index (χ0n) is 27.5. The van der Waals surface area contributed by atoms with E-state index in [1.54, 1.807) is 32.9 Å². The summed E-state index contributed by atoms with van der Waals surface area (Å²) in [5.74, 6) is -1.08. The Morgan fingerprint density at radius 1 is 1.04 bits per heavy atom. The van der Waals surface area contributed by atoms with Crippen molar-refractivity contribution in [1.82, 2.24) is 9.88 Å². The third-order valence-corrected chi connectivity index (χ3v) is 10.3. The highest BCUT2D eigenvalue weighted by Crippen LogP contribution is 2.43. The first kappa shape index (κ1) is 36.1. The number of aromatic amines is 1. The number of carbonyl (C=O) groups excluding carboxylic acids is 1. The highest BCUT2D eigenvalue weighted by atomic mass is 35.5. The number of aromatic carboxylic acids is 1. The molecule has 0 bridgehead atoms. The number of hydrogen-bond acceptors (Lipinski definition) is 7. The van der Waals surface area contributed by atoms with Crippen molar-refractivity contribution in [2.45, 2.75) is 71.6 Å². The van der Waals surface area contributed by atoms with Crippen molar-refractivity contribution in [3.8, 4) is 11.5 Å². The third-order valence-electron chi connectivity index (χ3n) is 7.76. The minimum Gasteiger partial charge on any atom is -0.506 e. The van der Waals surface area contributed by atoms with Gasteiger partial charge in [-0.25, -0.2) is 9.59 Å².